The SMILES string of the molecule is CCN(CC)S(=O)(=O)c1cccc(C(=O)Nc2cnc3ccccc3c2)c1. The largest absolute Gasteiger partial charge is 0.321 e. The van der Waals surface area contributed by atoms with Gasteiger partial charge in [-0.1, -0.05) is 38.1 Å². The second-order valence-corrected chi connectivity index (χ2v) is 7.93. The number of fused-ring (bicyclic) bond motifs is 1. The first-order valence-corrected chi connectivity index (χ1v) is 10.2. The van der Waals surface area contributed by atoms with Crippen molar-refractivity contribution in [2.75, 3.05) is 18.4 Å². The molecule has 0 saturated carbocycles. The molecule has 140 valence electrons. The number of amides is 1. The first kappa shape index (κ1) is 19.0. The zero-order valence-electron chi connectivity index (χ0n) is 15.2. The average molecular weight is 383 g/mol. The summed E-state index contributed by atoms with van der Waals surface area (Å²) in [7, 11) is -3.62. The van der Waals surface area contributed by atoms with Crippen LogP contribution in [0.15, 0.2) is 65.7 Å². The standard InChI is InChI=1S/C20H21N3O3S/c1-3-23(4-2)27(25,26)18-10-7-9-16(13-18)20(24)22-17-12-15-8-5-6-11-19(15)21-14-17/h5-14H,3-4H2,1-2H3,(H,22,24). The summed E-state index contributed by atoms with van der Waals surface area (Å²) in [6, 6.07) is 15.5. The molecule has 0 aliphatic heterocycles. The maximum atomic E-state index is 12.7. The van der Waals surface area contributed by atoms with Gasteiger partial charge in [-0.3, -0.25) is 9.78 Å². The van der Waals surface area contributed by atoms with E-state index in [0.29, 0.717) is 18.8 Å². The minimum atomic E-state index is -3.62. The number of hydrogen-bond donors (Lipinski definition) is 1. The molecule has 0 aliphatic rings. The summed E-state index contributed by atoms with van der Waals surface area (Å²) in [6.45, 7) is 4.31. The van der Waals surface area contributed by atoms with Crippen LogP contribution in [0.1, 0.15) is 24.2 Å². The van der Waals surface area contributed by atoms with Crippen LogP contribution in [0.2, 0.25) is 0 Å². The first-order valence-electron chi connectivity index (χ1n) is 8.72. The maximum Gasteiger partial charge on any atom is 0.255 e. The molecule has 2 aromatic carbocycles. The van der Waals surface area contributed by atoms with Crippen LogP contribution in [0.4, 0.5) is 5.69 Å². The lowest BCUT2D eigenvalue weighted by atomic mass is 10.2. The Morgan fingerprint density at radius 3 is 2.52 bits per heavy atom. The van der Waals surface area contributed by atoms with Crippen LogP contribution in [0.25, 0.3) is 10.9 Å². The van der Waals surface area contributed by atoms with Gasteiger partial charge in [-0.2, -0.15) is 4.31 Å². The molecule has 0 fully saturated rings. The Morgan fingerprint density at radius 2 is 1.78 bits per heavy atom. The van der Waals surface area contributed by atoms with Gasteiger partial charge >= 0.3 is 0 Å². The molecule has 1 aromatic heterocycles. The summed E-state index contributed by atoms with van der Waals surface area (Å²) >= 11 is 0. The highest BCUT2D eigenvalue weighted by atomic mass is 32.2. The van der Waals surface area contributed by atoms with Crippen molar-refractivity contribution in [3.05, 3.63) is 66.4 Å². The fourth-order valence-electron chi connectivity index (χ4n) is 2.85. The number of sulfonamides is 1. The number of aromatic nitrogens is 1. The van der Waals surface area contributed by atoms with Gasteiger partial charge in [0.25, 0.3) is 5.91 Å². The molecule has 1 heterocycles. The molecule has 7 heteroatoms. The molecule has 3 aromatic rings. The van der Waals surface area contributed by atoms with Gasteiger partial charge in [-0.05, 0) is 30.3 Å². The van der Waals surface area contributed by atoms with Crippen LogP contribution in [-0.4, -0.2) is 36.7 Å². The van der Waals surface area contributed by atoms with E-state index in [1.807, 2.05) is 30.3 Å². The second kappa shape index (κ2) is 7.85. The van der Waals surface area contributed by atoms with Crippen molar-refractivity contribution in [2.24, 2.45) is 0 Å². The van der Waals surface area contributed by atoms with E-state index in [9.17, 15) is 13.2 Å². The first-order chi connectivity index (χ1) is 13.0. The van der Waals surface area contributed by atoms with Crippen molar-refractivity contribution in [1.29, 1.82) is 0 Å². The number of benzene rings is 2. The summed E-state index contributed by atoms with van der Waals surface area (Å²) in [5.74, 6) is -0.385. The molecule has 0 aliphatic carbocycles. The van der Waals surface area contributed by atoms with E-state index in [1.54, 1.807) is 32.2 Å². The monoisotopic (exact) mass is 383 g/mol. The van der Waals surface area contributed by atoms with Gasteiger partial charge in [0.1, 0.15) is 0 Å². The van der Waals surface area contributed by atoms with E-state index < -0.39 is 10.0 Å². The molecule has 0 bridgehead atoms. The fourth-order valence-corrected chi connectivity index (χ4v) is 4.36. The number of hydrogen-bond acceptors (Lipinski definition) is 4. The number of anilines is 1. The summed E-state index contributed by atoms with van der Waals surface area (Å²) in [5.41, 5.74) is 1.66. The van der Waals surface area contributed by atoms with Gasteiger partial charge in [0, 0.05) is 24.0 Å². The van der Waals surface area contributed by atoms with Crippen LogP contribution in [0.5, 0.6) is 0 Å². The van der Waals surface area contributed by atoms with Crippen molar-refractivity contribution in [2.45, 2.75) is 18.7 Å². The number of carbonyl (C=O) groups excluding carboxylic acids is 1. The Morgan fingerprint density at radius 1 is 1.04 bits per heavy atom. The predicted octanol–water partition coefficient (Wildman–Crippen LogP) is 3.52. The lowest BCUT2D eigenvalue weighted by Crippen LogP contribution is -2.30. The molecule has 0 atom stereocenters. The molecule has 1 N–H and O–H groups in total. The Kier molecular flexibility index (Phi) is 5.53. The number of nitrogens with zero attached hydrogens (tertiary/aromatic N) is 2. The lowest BCUT2D eigenvalue weighted by Gasteiger charge is -2.18. The van der Waals surface area contributed by atoms with E-state index in [-0.39, 0.29) is 16.4 Å². The van der Waals surface area contributed by atoms with E-state index in [1.165, 1.54) is 16.4 Å². The third-order valence-electron chi connectivity index (χ3n) is 4.29. The smallest absolute Gasteiger partial charge is 0.255 e. The van der Waals surface area contributed by atoms with Crippen LogP contribution in [-0.2, 0) is 10.0 Å². The highest BCUT2D eigenvalue weighted by Gasteiger charge is 2.22. The van der Waals surface area contributed by atoms with E-state index in [4.69, 9.17) is 0 Å². The van der Waals surface area contributed by atoms with Gasteiger partial charge < -0.3 is 5.32 Å². The Balaban J connectivity index is 1.86. The molecular weight excluding hydrogens is 362 g/mol. The number of nitrogens with one attached hydrogen (secondary N) is 1. The number of carbonyl (C=O) groups is 1. The molecule has 0 unspecified atom stereocenters. The molecule has 0 saturated heterocycles. The molecule has 6 nitrogen and oxygen atoms in total. The van der Waals surface area contributed by atoms with Gasteiger partial charge in [0.15, 0.2) is 0 Å². The zero-order valence-corrected chi connectivity index (χ0v) is 16.0. The molecule has 1 amide bonds. The van der Waals surface area contributed by atoms with Crippen molar-refractivity contribution in [3.63, 3.8) is 0 Å². The Hall–Kier alpha value is -2.77. The summed E-state index contributed by atoms with van der Waals surface area (Å²) in [5, 5.41) is 3.69. The number of para-hydroxylation sites is 1. The molecule has 0 radical (unpaired) electrons. The quantitative estimate of drug-likeness (QED) is 0.706. The minimum absolute atomic E-state index is 0.107. The second-order valence-electron chi connectivity index (χ2n) is 5.99. The minimum Gasteiger partial charge on any atom is -0.321 e. The van der Waals surface area contributed by atoms with E-state index >= 15 is 0 Å². The van der Waals surface area contributed by atoms with Crippen LogP contribution >= 0.6 is 0 Å². The van der Waals surface area contributed by atoms with E-state index in [2.05, 4.69) is 10.3 Å². The molecule has 27 heavy (non-hydrogen) atoms. The van der Waals surface area contributed by atoms with Gasteiger partial charge in [0.2, 0.25) is 10.0 Å². The maximum absolute atomic E-state index is 12.7. The number of rotatable bonds is 6. The zero-order chi connectivity index (χ0) is 19.4. The normalized spacial score (nSPS) is 11.7. The van der Waals surface area contributed by atoms with Crippen molar-refractivity contribution < 1.29 is 13.2 Å². The average Bonchev–Trinajstić information content (AvgIpc) is 2.68. The fraction of sp³-hybridized carbons (Fsp3) is 0.200. The van der Waals surface area contributed by atoms with Crippen LogP contribution in [0, 0.1) is 0 Å². The van der Waals surface area contributed by atoms with Gasteiger partial charge in [-0.25, -0.2) is 8.42 Å². The van der Waals surface area contributed by atoms with Crippen LogP contribution < -0.4 is 5.32 Å². The summed E-state index contributed by atoms with van der Waals surface area (Å²) < 4.78 is 26.7. The van der Waals surface area contributed by atoms with Gasteiger partial charge in [0.05, 0.1) is 22.3 Å². The van der Waals surface area contributed by atoms with Crippen molar-refractivity contribution in [1.82, 2.24) is 9.29 Å². The Bertz CT molecular complexity index is 1080. The van der Waals surface area contributed by atoms with Crippen molar-refractivity contribution in [3.8, 4) is 0 Å². The highest BCUT2D eigenvalue weighted by molar-refractivity contribution is 7.89. The molecule has 3 rings (SSSR count). The third kappa shape index (κ3) is 3.99. The molecular formula is C20H21N3O3S. The van der Waals surface area contributed by atoms with Crippen LogP contribution in [0.3, 0.4) is 0 Å². The highest BCUT2D eigenvalue weighted by Crippen LogP contribution is 2.19. The summed E-state index contributed by atoms with van der Waals surface area (Å²) in [4.78, 5) is 17.0. The topological polar surface area (TPSA) is 79.4 Å². The predicted molar refractivity (Wildman–Crippen MR) is 106 cm³/mol. The third-order valence-corrected chi connectivity index (χ3v) is 6.33. The lowest BCUT2D eigenvalue weighted by molar-refractivity contribution is 0.102. The number of pyridine rings is 1. The van der Waals surface area contributed by atoms with Crippen molar-refractivity contribution >= 4 is 32.5 Å². The van der Waals surface area contributed by atoms with E-state index in [0.717, 1.165) is 10.9 Å². The van der Waals surface area contributed by atoms with Gasteiger partial charge in [-0.15, -0.1) is 0 Å². The summed E-state index contributed by atoms with van der Waals surface area (Å²) in [6.07, 6.45) is 1.58. The Labute approximate surface area is 158 Å². The molecule has 0 spiro atoms.